The molecule has 1 aliphatic carbocycles. The molecule has 0 atom stereocenters. The summed E-state index contributed by atoms with van der Waals surface area (Å²) >= 11 is 3.34. The van der Waals surface area contributed by atoms with E-state index in [2.05, 4.69) is 27.0 Å². The number of halogens is 1. The molecule has 1 aliphatic rings. The van der Waals surface area contributed by atoms with Crippen molar-refractivity contribution in [1.82, 2.24) is 4.98 Å². The summed E-state index contributed by atoms with van der Waals surface area (Å²) in [5, 5.41) is 8.93. The molecule has 0 aliphatic heterocycles. The van der Waals surface area contributed by atoms with Gasteiger partial charge < -0.3 is 4.74 Å². The first-order valence-corrected chi connectivity index (χ1v) is 6.31. The van der Waals surface area contributed by atoms with Crippen molar-refractivity contribution in [2.24, 2.45) is 0 Å². The molecule has 2 rings (SSSR count). The number of aromatic nitrogens is 1. The summed E-state index contributed by atoms with van der Waals surface area (Å²) in [6, 6.07) is 3.88. The largest absolute Gasteiger partial charge is 0.487 e. The van der Waals surface area contributed by atoms with Crippen LogP contribution in [0.25, 0.3) is 0 Å². The highest BCUT2D eigenvalue weighted by molar-refractivity contribution is 9.10. The first kappa shape index (κ1) is 11.4. The second-order valence-corrected chi connectivity index (χ2v) is 4.91. The van der Waals surface area contributed by atoms with Crippen molar-refractivity contribution in [3.05, 3.63) is 22.4 Å². The normalized spacial score (nSPS) is 16.8. The van der Waals surface area contributed by atoms with Crippen LogP contribution in [0.5, 0.6) is 5.75 Å². The van der Waals surface area contributed by atoms with E-state index in [0.29, 0.717) is 11.4 Å². The number of nitrogens with zero attached hydrogens (tertiary/aromatic N) is 2. The van der Waals surface area contributed by atoms with Crippen molar-refractivity contribution in [3.8, 4) is 11.8 Å². The predicted molar refractivity (Wildman–Crippen MR) is 64.2 cm³/mol. The lowest BCUT2D eigenvalue weighted by Crippen LogP contribution is -2.20. The molecule has 0 N–H and O–H groups in total. The molecular weight excluding hydrogens is 268 g/mol. The highest BCUT2D eigenvalue weighted by atomic mass is 79.9. The molecule has 0 spiro atoms. The summed E-state index contributed by atoms with van der Waals surface area (Å²) in [5.41, 5.74) is 0.369. The maximum atomic E-state index is 8.93. The smallest absolute Gasteiger partial charge is 0.182 e. The van der Waals surface area contributed by atoms with Gasteiger partial charge in [0.15, 0.2) is 11.4 Å². The molecule has 0 saturated heterocycles. The molecule has 16 heavy (non-hydrogen) atoms. The summed E-state index contributed by atoms with van der Waals surface area (Å²) in [7, 11) is 0. The Bertz CT molecular complexity index is 408. The Morgan fingerprint density at radius 2 is 2.12 bits per heavy atom. The van der Waals surface area contributed by atoms with Gasteiger partial charge in [0.1, 0.15) is 6.07 Å². The predicted octanol–water partition coefficient (Wildman–Crippen LogP) is 3.43. The van der Waals surface area contributed by atoms with Gasteiger partial charge in [-0.15, -0.1) is 0 Å². The van der Waals surface area contributed by atoms with Crippen LogP contribution < -0.4 is 4.74 Å². The van der Waals surface area contributed by atoms with Crippen molar-refractivity contribution in [1.29, 1.82) is 5.26 Å². The zero-order chi connectivity index (χ0) is 11.4. The van der Waals surface area contributed by atoms with Crippen LogP contribution in [-0.2, 0) is 0 Å². The number of hydrogen-bond donors (Lipinski definition) is 0. The lowest BCUT2D eigenvalue weighted by molar-refractivity contribution is 0.154. The molecule has 0 radical (unpaired) electrons. The van der Waals surface area contributed by atoms with Crippen LogP contribution >= 0.6 is 15.9 Å². The molecule has 0 bridgehead atoms. The molecular formula is C12H13BrN2O. The monoisotopic (exact) mass is 280 g/mol. The van der Waals surface area contributed by atoms with Crippen molar-refractivity contribution in [3.63, 3.8) is 0 Å². The summed E-state index contributed by atoms with van der Waals surface area (Å²) in [4.78, 5) is 4.03. The van der Waals surface area contributed by atoms with E-state index in [1.165, 1.54) is 19.3 Å². The fourth-order valence-corrected chi connectivity index (χ4v) is 2.27. The highest BCUT2D eigenvalue weighted by Crippen LogP contribution is 2.26. The SMILES string of the molecule is N#Cc1ncc(Br)cc1OC1CCCCC1. The lowest BCUT2D eigenvalue weighted by atomic mass is 9.98. The zero-order valence-corrected chi connectivity index (χ0v) is 10.5. The quantitative estimate of drug-likeness (QED) is 0.834. The molecule has 84 valence electrons. The van der Waals surface area contributed by atoms with Gasteiger partial charge in [0.25, 0.3) is 0 Å². The van der Waals surface area contributed by atoms with E-state index in [-0.39, 0.29) is 6.10 Å². The maximum Gasteiger partial charge on any atom is 0.182 e. The summed E-state index contributed by atoms with van der Waals surface area (Å²) in [6.07, 6.45) is 7.75. The number of rotatable bonds is 2. The van der Waals surface area contributed by atoms with Crippen LogP contribution in [0.4, 0.5) is 0 Å². The molecule has 1 heterocycles. The molecule has 4 heteroatoms. The van der Waals surface area contributed by atoms with Gasteiger partial charge in [-0.2, -0.15) is 5.26 Å². The Morgan fingerprint density at radius 3 is 2.81 bits per heavy atom. The Balaban J connectivity index is 2.13. The van der Waals surface area contributed by atoms with Crippen LogP contribution in [0.2, 0.25) is 0 Å². The van der Waals surface area contributed by atoms with Crippen molar-refractivity contribution in [2.45, 2.75) is 38.2 Å². The molecule has 3 nitrogen and oxygen atoms in total. The first-order valence-electron chi connectivity index (χ1n) is 5.52. The third kappa shape index (κ3) is 2.73. The van der Waals surface area contributed by atoms with E-state index in [0.717, 1.165) is 17.3 Å². The summed E-state index contributed by atoms with van der Waals surface area (Å²) in [6.45, 7) is 0. The number of pyridine rings is 1. The van der Waals surface area contributed by atoms with E-state index in [1.807, 2.05) is 6.07 Å². The standard InChI is InChI=1S/C12H13BrN2O/c13-9-6-12(11(7-14)15-8-9)16-10-4-2-1-3-5-10/h6,8,10H,1-5H2. The Morgan fingerprint density at radius 1 is 1.38 bits per heavy atom. The van der Waals surface area contributed by atoms with Gasteiger partial charge in [0.05, 0.1) is 6.10 Å². The second-order valence-electron chi connectivity index (χ2n) is 3.99. The lowest BCUT2D eigenvalue weighted by Gasteiger charge is -2.23. The molecule has 1 aromatic rings. The van der Waals surface area contributed by atoms with Crippen LogP contribution in [-0.4, -0.2) is 11.1 Å². The minimum atomic E-state index is 0.247. The van der Waals surface area contributed by atoms with Crippen LogP contribution in [0.3, 0.4) is 0 Å². The van der Waals surface area contributed by atoms with Crippen LogP contribution in [0, 0.1) is 11.3 Å². The van der Waals surface area contributed by atoms with Crippen molar-refractivity contribution in [2.75, 3.05) is 0 Å². The third-order valence-electron chi connectivity index (χ3n) is 2.77. The molecule has 0 amide bonds. The van der Waals surface area contributed by atoms with E-state index < -0.39 is 0 Å². The van der Waals surface area contributed by atoms with Gasteiger partial charge >= 0.3 is 0 Å². The molecule has 1 fully saturated rings. The van der Waals surface area contributed by atoms with E-state index in [9.17, 15) is 0 Å². The molecule has 1 saturated carbocycles. The Hall–Kier alpha value is -1.08. The zero-order valence-electron chi connectivity index (χ0n) is 8.95. The number of ether oxygens (including phenoxy) is 1. The van der Waals surface area contributed by atoms with Gasteiger partial charge in [-0.1, -0.05) is 6.42 Å². The van der Waals surface area contributed by atoms with Gasteiger partial charge in [-0.25, -0.2) is 4.98 Å². The second kappa shape index (κ2) is 5.31. The fourth-order valence-electron chi connectivity index (χ4n) is 1.96. The van der Waals surface area contributed by atoms with E-state index in [4.69, 9.17) is 10.00 Å². The fraction of sp³-hybridized carbons (Fsp3) is 0.500. The summed E-state index contributed by atoms with van der Waals surface area (Å²) < 4.78 is 6.69. The van der Waals surface area contributed by atoms with Crippen molar-refractivity contribution < 1.29 is 4.74 Å². The topological polar surface area (TPSA) is 45.9 Å². The van der Waals surface area contributed by atoms with Crippen LogP contribution in [0.1, 0.15) is 37.8 Å². The minimum Gasteiger partial charge on any atom is -0.487 e. The van der Waals surface area contributed by atoms with E-state index >= 15 is 0 Å². The third-order valence-corrected chi connectivity index (χ3v) is 3.20. The van der Waals surface area contributed by atoms with Gasteiger partial charge in [-0.05, 0) is 47.7 Å². The Kier molecular flexibility index (Phi) is 3.79. The average molecular weight is 281 g/mol. The number of nitriles is 1. The first-order chi connectivity index (χ1) is 7.79. The summed E-state index contributed by atoms with van der Waals surface area (Å²) in [5.74, 6) is 0.601. The van der Waals surface area contributed by atoms with Crippen LogP contribution in [0.15, 0.2) is 16.7 Å². The van der Waals surface area contributed by atoms with Gasteiger partial charge in [0, 0.05) is 10.7 Å². The molecule has 1 aromatic heterocycles. The van der Waals surface area contributed by atoms with Gasteiger partial charge in [-0.3, -0.25) is 0 Å². The highest BCUT2D eigenvalue weighted by Gasteiger charge is 2.17. The Labute approximate surface area is 104 Å². The minimum absolute atomic E-state index is 0.247. The average Bonchev–Trinajstić information content (AvgIpc) is 2.31. The maximum absolute atomic E-state index is 8.93. The van der Waals surface area contributed by atoms with Crippen molar-refractivity contribution >= 4 is 15.9 Å². The molecule has 0 unspecified atom stereocenters. The van der Waals surface area contributed by atoms with E-state index in [1.54, 1.807) is 6.20 Å². The molecule has 0 aromatic carbocycles. The number of hydrogen-bond acceptors (Lipinski definition) is 3. The van der Waals surface area contributed by atoms with Gasteiger partial charge in [0.2, 0.25) is 0 Å².